The van der Waals surface area contributed by atoms with E-state index in [0.29, 0.717) is 16.8 Å². The number of benzene rings is 1. The molecule has 0 radical (unpaired) electrons. The van der Waals surface area contributed by atoms with Crippen LogP contribution in [-0.4, -0.2) is 22.6 Å². The Morgan fingerprint density at radius 3 is 2.89 bits per heavy atom. The van der Waals surface area contributed by atoms with Crippen molar-refractivity contribution in [3.8, 4) is 5.75 Å². The summed E-state index contributed by atoms with van der Waals surface area (Å²) in [6.07, 6.45) is 6.73. The van der Waals surface area contributed by atoms with Crippen LogP contribution in [0.4, 0.5) is 0 Å². The highest BCUT2D eigenvalue weighted by molar-refractivity contribution is 6.30. The smallest absolute Gasteiger partial charge is 0.120 e. The van der Waals surface area contributed by atoms with E-state index in [4.69, 9.17) is 11.6 Å². The minimum Gasteiger partial charge on any atom is -0.508 e. The average Bonchev–Trinajstić information content (AvgIpc) is 2.89. The van der Waals surface area contributed by atoms with Gasteiger partial charge in [-0.2, -0.15) is 0 Å². The fourth-order valence-electron chi connectivity index (χ4n) is 4.01. The number of fused-ring (bicyclic) bond motifs is 1. The molecule has 0 bridgehead atoms. The maximum Gasteiger partial charge on any atom is 0.120 e. The first-order chi connectivity index (χ1) is 9.16. The number of hydrogen-bond acceptors (Lipinski definition) is 2. The summed E-state index contributed by atoms with van der Waals surface area (Å²) in [5.41, 5.74) is 0.972. The fourth-order valence-corrected chi connectivity index (χ4v) is 4.19. The van der Waals surface area contributed by atoms with Gasteiger partial charge in [-0.15, -0.1) is 0 Å². The van der Waals surface area contributed by atoms with E-state index in [1.54, 1.807) is 12.1 Å². The number of rotatable bonds is 2. The second-order valence-electron chi connectivity index (χ2n) is 6.02. The number of phenolic OH excluding ortho intramolecular Hbond substituents is 1. The van der Waals surface area contributed by atoms with Crippen LogP contribution in [0.15, 0.2) is 18.2 Å². The number of aromatic hydroxyl groups is 1. The molecule has 3 heteroatoms. The Hall–Kier alpha value is -0.730. The lowest BCUT2D eigenvalue weighted by molar-refractivity contribution is 0.0735. The van der Waals surface area contributed by atoms with Crippen molar-refractivity contribution in [2.24, 2.45) is 5.92 Å². The molecule has 1 aromatic carbocycles. The van der Waals surface area contributed by atoms with E-state index in [1.807, 2.05) is 6.07 Å². The number of phenols is 1. The predicted octanol–water partition coefficient (Wildman–Crippen LogP) is 4.37. The molecule has 3 rings (SSSR count). The molecular weight excluding hydrogens is 258 g/mol. The molecule has 3 atom stereocenters. The van der Waals surface area contributed by atoms with E-state index in [1.165, 1.54) is 32.1 Å². The van der Waals surface area contributed by atoms with Gasteiger partial charge in [0.1, 0.15) is 5.75 Å². The van der Waals surface area contributed by atoms with Crippen LogP contribution < -0.4 is 0 Å². The third-order valence-electron chi connectivity index (χ3n) is 4.97. The Labute approximate surface area is 120 Å². The molecule has 3 unspecified atom stereocenters. The molecule has 19 heavy (non-hydrogen) atoms. The lowest BCUT2D eigenvalue weighted by Gasteiger charge is -2.42. The van der Waals surface area contributed by atoms with E-state index in [-0.39, 0.29) is 6.04 Å². The van der Waals surface area contributed by atoms with Crippen LogP contribution in [0, 0.1) is 5.92 Å². The summed E-state index contributed by atoms with van der Waals surface area (Å²) in [7, 11) is 0. The Morgan fingerprint density at radius 1 is 1.26 bits per heavy atom. The first kappa shape index (κ1) is 13.3. The molecule has 1 N–H and O–H groups in total. The van der Waals surface area contributed by atoms with Gasteiger partial charge in [0.25, 0.3) is 0 Å². The fraction of sp³-hybridized carbons (Fsp3) is 0.625. The van der Waals surface area contributed by atoms with Crippen LogP contribution >= 0.6 is 11.6 Å². The molecule has 0 amide bonds. The molecule has 2 nitrogen and oxygen atoms in total. The first-order valence-electron chi connectivity index (χ1n) is 7.41. The Balaban J connectivity index is 1.86. The van der Waals surface area contributed by atoms with Crippen molar-refractivity contribution in [2.75, 3.05) is 6.54 Å². The van der Waals surface area contributed by atoms with Gasteiger partial charge in [-0.05, 0) is 63.3 Å². The summed E-state index contributed by atoms with van der Waals surface area (Å²) in [5, 5.41) is 10.8. The maximum atomic E-state index is 10.1. The van der Waals surface area contributed by atoms with Crippen molar-refractivity contribution in [3.05, 3.63) is 28.8 Å². The Bertz CT molecular complexity index is 462. The van der Waals surface area contributed by atoms with Gasteiger partial charge in [0.2, 0.25) is 0 Å². The van der Waals surface area contributed by atoms with Gasteiger partial charge >= 0.3 is 0 Å². The normalized spacial score (nSPS) is 29.2. The third kappa shape index (κ3) is 2.48. The van der Waals surface area contributed by atoms with Crippen molar-refractivity contribution in [3.63, 3.8) is 0 Å². The van der Waals surface area contributed by atoms with Crippen LogP contribution in [0.2, 0.25) is 5.02 Å². The van der Waals surface area contributed by atoms with E-state index in [0.717, 1.165) is 18.0 Å². The average molecular weight is 280 g/mol. The molecule has 1 saturated carbocycles. The highest BCUT2D eigenvalue weighted by atomic mass is 35.5. The molecule has 0 spiro atoms. The first-order valence-corrected chi connectivity index (χ1v) is 7.79. The minimum absolute atomic E-state index is 0.254. The van der Waals surface area contributed by atoms with Crippen LogP contribution in [0.5, 0.6) is 5.75 Å². The molecule has 2 fully saturated rings. The van der Waals surface area contributed by atoms with Gasteiger partial charge in [-0.1, -0.05) is 18.0 Å². The molecule has 2 aliphatic rings. The molecule has 1 saturated heterocycles. The van der Waals surface area contributed by atoms with Gasteiger partial charge < -0.3 is 5.11 Å². The molecule has 1 aliphatic carbocycles. The molecule has 1 aliphatic heterocycles. The Morgan fingerprint density at radius 2 is 2.05 bits per heavy atom. The zero-order valence-electron chi connectivity index (χ0n) is 11.5. The van der Waals surface area contributed by atoms with Gasteiger partial charge in [0.05, 0.1) is 0 Å². The second kappa shape index (κ2) is 5.34. The summed E-state index contributed by atoms with van der Waals surface area (Å²) in [5.74, 6) is 1.24. The zero-order valence-corrected chi connectivity index (χ0v) is 12.2. The molecular formula is C16H22ClNO. The summed E-state index contributed by atoms with van der Waals surface area (Å²) in [4.78, 5) is 2.59. The van der Waals surface area contributed by atoms with E-state index in [2.05, 4.69) is 11.8 Å². The van der Waals surface area contributed by atoms with E-state index < -0.39 is 0 Å². The maximum absolute atomic E-state index is 10.1. The second-order valence-corrected chi connectivity index (χ2v) is 6.45. The quantitative estimate of drug-likeness (QED) is 0.869. The van der Waals surface area contributed by atoms with Crippen molar-refractivity contribution in [2.45, 2.75) is 51.1 Å². The summed E-state index contributed by atoms with van der Waals surface area (Å²) in [6, 6.07) is 6.35. The predicted molar refractivity (Wildman–Crippen MR) is 78.6 cm³/mol. The zero-order chi connectivity index (χ0) is 13.4. The molecule has 1 heterocycles. The van der Waals surface area contributed by atoms with Crippen molar-refractivity contribution < 1.29 is 5.11 Å². The number of halogens is 1. The number of hydrogen-bond donors (Lipinski definition) is 1. The Kier molecular flexibility index (Phi) is 3.72. The summed E-state index contributed by atoms with van der Waals surface area (Å²) >= 11 is 6.08. The van der Waals surface area contributed by atoms with E-state index in [9.17, 15) is 5.11 Å². The lowest BCUT2D eigenvalue weighted by atomic mass is 9.89. The van der Waals surface area contributed by atoms with Crippen molar-refractivity contribution in [1.82, 2.24) is 4.90 Å². The molecule has 104 valence electrons. The topological polar surface area (TPSA) is 23.5 Å². The number of nitrogens with zero attached hydrogens (tertiary/aromatic N) is 1. The van der Waals surface area contributed by atoms with Crippen molar-refractivity contribution in [1.29, 1.82) is 0 Å². The van der Waals surface area contributed by atoms with Gasteiger partial charge in [0.15, 0.2) is 0 Å². The number of piperidine rings is 1. The van der Waals surface area contributed by atoms with Crippen LogP contribution in [0.25, 0.3) is 0 Å². The third-order valence-corrected chi connectivity index (χ3v) is 5.21. The standard InChI is InChI=1S/C16H22ClNO/c1-11(14-10-13(17)7-8-16(14)19)18-9-3-5-12-4-2-6-15(12)18/h7-8,10-12,15,19H,2-6,9H2,1H3. The van der Waals surface area contributed by atoms with Crippen molar-refractivity contribution >= 4 is 11.6 Å². The van der Waals surface area contributed by atoms with E-state index >= 15 is 0 Å². The highest BCUT2D eigenvalue weighted by Crippen LogP contribution is 2.42. The van der Waals surface area contributed by atoms with Crippen LogP contribution in [0.1, 0.15) is 50.6 Å². The number of likely N-dealkylation sites (tertiary alicyclic amines) is 1. The SMILES string of the molecule is CC(c1cc(Cl)ccc1O)N1CCCC2CCCC21. The lowest BCUT2D eigenvalue weighted by Crippen LogP contribution is -2.43. The van der Waals surface area contributed by atoms with Crippen LogP contribution in [0.3, 0.4) is 0 Å². The van der Waals surface area contributed by atoms with Crippen LogP contribution in [-0.2, 0) is 0 Å². The molecule has 1 aromatic rings. The molecule has 0 aromatic heterocycles. The van der Waals surface area contributed by atoms with Gasteiger partial charge in [-0.25, -0.2) is 0 Å². The highest BCUT2D eigenvalue weighted by Gasteiger charge is 2.37. The summed E-state index contributed by atoms with van der Waals surface area (Å²) < 4.78 is 0. The minimum atomic E-state index is 0.254. The van der Waals surface area contributed by atoms with Gasteiger partial charge in [0, 0.05) is 22.7 Å². The largest absolute Gasteiger partial charge is 0.508 e. The van der Waals surface area contributed by atoms with Gasteiger partial charge in [-0.3, -0.25) is 4.90 Å². The summed E-state index contributed by atoms with van der Waals surface area (Å²) in [6.45, 7) is 3.35. The monoisotopic (exact) mass is 279 g/mol.